The molecule has 6 atom stereocenters. The number of carbonyl (C=O) groups excluding carboxylic acids is 4. The molecule has 2 aromatic rings. The molecule has 1 aromatic heterocycles. The molecule has 1 aromatic carbocycles. The Morgan fingerprint density at radius 2 is 1.79 bits per heavy atom. The molecule has 39 heavy (non-hydrogen) atoms. The maximum atomic E-state index is 13.7. The molecule has 2 aliphatic rings. The van der Waals surface area contributed by atoms with E-state index >= 15 is 0 Å². The quantitative estimate of drug-likeness (QED) is 0.452. The normalized spacial score (nSPS) is 28.7. The Hall–Kier alpha value is -3.79. The number of aromatic nitrogens is 1. The SMILES string of the molecule is C[C@H]1CC(=O)C(C2CC2)N(C)C(=O)[C@H](C)[C@H](O)[C@H](Cc2ccccc2)NC(=O)[C@H]1NC(=O)c1ncccc1O. The number of benzene rings is 1. The maximum Gasteiger partial charge on any atom is 0.274 e. The number of likely N-dealkylation sites (N-methyl/N-ethyl adjacent to an activating group) is 1. The van der Waals surface area contributed by atoms with Crippen molar-refractivity contribution in [3.05, 3.63) is 59.9 Å². The van der Waals surface area contributed by atoms with Crippen LogP contribution in [0.2, 0.25) is 0 Å². The van der Waals surface area contributed by atoms with Crippen LogP contribution in [0.4, 0.5) is 0 Å². The van der Waals surface area contributed by atoms with E-state index < -0.39 is 47.9 Å². The maximum absolute atomic E-state index is 13.7. The minimum atomic E-state index is -1.26. The van der Waals surface area contributed by atoms with Crippen molar-refractivity contribution in [1.29, 1.82) is 0 Å². The monoisotopic (exact) mass is 536 g/mol. The van der Waals surface area contributed by atoms with Crippen molar-refractivity contribution in [2.45, 2.75) is 63.8 Å². The molecule has 2 fully saturated rings. The van der Waals surface area contributed by atoms with Crippen molar-refractivity contribution in [2.75, 3.05) is 7.05 Å². The molecule has 1 aliphatic carbocycles. The predicted octanol–water partition coefficient (Wildman–Crippen LogP) is 1.46. The lowest BCUT2D eigenvalue weighted by Crippen LogP contribution is -2.59. The van der Waals surface area contributed by atoms with Gasteiger partial charge in [0.25, 0.3) is 5.91 Å². The number of carbonyl (C=O) groups is 4. The van der Waals surface area contributed by atoms with Crippen molar-refractivity contribution >= 4 is 23.5 Å². The van der Waals surface area contributed by atoms with Gasteiger partial charge < -0.3 is 25.7 Å². The standard InChI is InChI=1S/C29H36N4O6/c1-16-14-22(35)25(19-11-12-19)33(3)29(39)17(2)26(36)20(15-18-8-5-4-6-9-18)31-27(37)23(16)32-28(38)24-21(34)10-7-13-30-24/h4-10,13,16-17,19-20,23,25-26,34,36H,11-12,14-15H2,1-3H3,(H,31,37)(H,32,38)/t16-,17+,20-,23-,25?,26-/m0/s1. The molecule has 208 valence electrons. The zero-order valence-corrected chi connectivity index (χ0v) is 22.4. The number of aromatic hydroxyl groups is 1. The highest BCUT2D eigenvalue weighted by atomic mass is 16.3. The largest absolute Gasteiger partial charge is 0.505 e. The molecule has 2 heterocycles. The van der Waals surface area contributed by atoms with Crippen LogP contribution in [0.1, 0.15) is 49.2 Å². The van der Waals surface area contributed by atoms with Gasteiger partial charge in [0.15, 0.2) is 11.5 Å². The Kier molecular flexibility index (Phi) is 8.64. The molecular weight excluding hydrogens is 500 g/mol. The number of amides is 3. The fourth-order valence-corrected chi connectivity index (χ4v) is 5.36. The Bertz CT molecular complexity index is 1220. The van der Waals surface area contributed by atoms with Gasteiger partial charge in [-0.25, -0.2) is 4.98 Å². The molecular formula is C29H36N4O6. The van der Waals surface area contributed by atoms with Crippen molar-refractivity contribution < 1.29 is 29.4 Å². The fourth-order valence-electron chi connectivity index (χ4n) is 5.36. The molecule has 4 N–H and O–H groups in total. The first-order chi connectivity index (χ1) is 18.6. The number of Topliss-reactive ketones (excluding diaryl/α,β-unsaturated/α-hetero) is 1. The third kappa shape index (κ3) is 6.44. The fraction of sp³-hybridized carbons (Fsp3) is 0.483. The van der Waals surface area contributed by atoms with Crippen molar-refractivity contribution in [2.24, 2.45) is 17.8 Å². The van der Waals surface area contributed by atoms with E-state index in [2.05, 4.69) is 15.6 Å². The summed E-state index contributed by atoms with van der Waals surface area (Å²) in [6, 6.07) is 9.38. The zero-order chi connectivity index (χ0) is 28.3. The van der Waals surface area contributed by atoms with Crippen LogP contribution in [0.5, 0.6) is 5.75 Å². The van der Waals surface area contributed by atoms with Gasteiger partial charge in [0.05, 0.1) is 24.1 Å². The summed E-state index contributed by atoms with van der Waals surface area (Å²) in [4.78, 5) is 59.0. The van der Waals surface area contributed by atoms with Crippen LogP contribution in [-0.2, 0) is 20.8 Å². The molecule has 1 aliphatic heterocycles. The van der Waals surface area contributed by atoms with E-state index in [-0.39, 0.29) is 41.9 Å². The second-order valence-corrected chi connectivity index (χ2v) is 10.8. The number of nitrogens with one attached hydrogen (secondary N) is 2. The smallest absolute Gasteiger partial charge is 0.274 e. The molecule has 10 nitrogen and oxygen atoms in total. The molecule has 0 bridgehead atoms. The highest BCUT2D eigenvalue weighted by Crippen LogP contribution is 2.37. The van der Waals surface area contributed by atoms with Crippen LogP contribution in [0.15, 0.2) is 48.7 Å². The minimum Gasteiger partial charge on any atom is -0.505 e. The lowest BCUT2D eigenvalue weighted by molar-refractivity contribution is -0.146. The minimum absolute atomic E-state index is 0.0263. The predicted molar refractivity (Wildman–Crippen MR) is 142 cm³/mol. The van der Waals surface area contributed by atoms with Crippen LogP contribution in [0, 0.1) is 17.8 Å². The van der Waals surface area contributed by atoms with Gasteiger partial charge in [-0.3, -0.25) is 19.2 Å². The number of hydrogen-bond acceptors (Lipinski definition) is 7. The summed E-state index contributed by atoms with van der Waals surface area (Å²) in [5, 5.41) is 27.0. The molecule has 1 saturated carbocycles. The highest BCUT2D eigenvalue weighted by molar-refractivity contribution is 5.98. The van der Waals surface area contributed by atoms with Crippen LogP contribution in [0.25, 0.3) is 0 Å². The second kappa shape index (κ2) is 11.9. The number of aliphatic hydroxyl groups excluding tert-OH is 1. The molecule has 0 spiro atoms. The summed E-state index contributed by atoms with van der Waals surface area (Å²) in [5.74, 6) is -3.78. The van der Waals surface area contributed by atoms with E-state index in [1.165, 1.54) is 23.2 Å². The van der Waals surface area contributed by atoms with E-state index in [4.69, 9.17) is 0 Å². The van der Waals surface area contributed by atoms with Crippen LogP contribution < -0.4 is 10.6 Å². The number of pyridine rings is 1. The molecule has 1 saturated heterocycles. The van der Waals surface area contributed by atoms with Gasteiger partial charge >= 0.3 is 0 Å². The third-order valence-electron chi connectivity index (χ3n) is 7.77. The zero-order valence-electron chi connectivity index (χ0n) is 22.4. The van der Waals surface area contributed by atoms with Crippen molar-refractivity contribution in [3.63, 3.8) is 0 Å². The van der Waals surface area contributed by atoms with Crippen LogP contribution in [0.3, 0.4) is 0 Å². The number of aliphatic hydroxyl groups is 1. The summed E-state index contributed by atoms with van der Waals surface area (Å²) in [5.41, 5.74) is 0.602. The summed E-state index contributed by atoms with van der Waals surface area (Å²) < 4.78 is 0. The van der Waals surface area contributed by atoms with Gasteiger partial charge in [0.1, 0.15) is 11.8 Å². The van der Waals surface area contributed by atoms with Gasteiger partial charge in [-0.2, -0.15) is 0 Å². The summed E-state index contributed by atoms with van der Waals surface area (Å²) >= 11 is 0. The van der Waals surface area contributed by atoms with E-state index in [0.29, 0.717) is 0 Å². The summed E-state index contributed by atoms with van der Waals surface area (Å²) in [6.07, 6.45) is 1.92. The number of ketones is 1. The van der Waals surface area contributed by atoms with Gasteiger partial charge in [-0.1, -0.05) is 44.2 Å². The van der Waals surface area contributed by atoms with E-state index in [1.807, 2.05) is 30.3 Å². The summed E-state index contributed by atoms with van der Waals surface area (Å²) in [6.45, 7) is 3.28. The topological polar surface area (TPSA) is 149 Å². The number of hydrogen-bond donors (Lipinski definition) is 4. The molecule has 1 unspecified atom stereocenters. The first-order valence-corrected chi connectivity index (χ1v) is 13.3. The van der Waals surface area contributed by atoms with E-state index in [0.717, 1.165) is 18.4 Å². The average molecular weight is 537 g/mol. The van der Waals surface area contributed by atoms with Gasteiger partial charge in [0.2, 0.25) is 11.8 Å². The van der Waals surface area contributed by atoms with Crippen molar-refractivity contribution in [3.8, 4) is 5.75 Å². The van der Waals surface area contributed by atoms with Gasteiger partial charge in [-0.05, 0) is 48.8 Å². The van der Waals surface area contributed by atoms with Gasteiger partial charge in [0, 0.05) is 19.7 Å². The van der Waals surface area contributed by atoms with E-state index in [9.17, 15) is 29.4 Å². The highest BCUT2D eigenvalue weighted by Gasteiger charge is 2.45. The lowest BCUT2D eigenvalue weighted by atomic mass is 9.87. The molecule has 0 radical (unpaired) electrons. The number of rotatable bonds is 5. The molecule has 10 heteroatoms. The second-order valence-electron chi connectivity index (χ2n) is 10.8. The van der Waals surface area contributed by atoms with E-state index in [1.54, 1.807) is 20.9 Å². The molecule has 4 rings (SSSR count). The Balaban J connectivity index is 1.70. The first kappa shape index (κ1) is 28.2. The average Bonchev–Trinajstić information content (AvgIpc) is 3.75. The van der Waals surface area contributed by atoms with Crippen LogP contribution >= 0.6 is 0 Å². The number of nitrogens with zero attached hydrogens (tertiary/aromatic N) is 2. The summed E-state index contributed by atoms with van der Waals surface area (Å²) in [7, 11) is 1.59. The van der Waals surface area contributed by atoms with Crippen LogP contribution in [-0.4, -0.2) is 74.9 Å². The Morgan fingerprint density at radius 3 is 2.44 bits per heavy atom. The third-order valence-corrected chi connectivity index (χ3v) is 7.77. The van der Waals surface area contributed by atoms with Gasteiger partial charge in [-0.15, -0.1) is 0 Å². The Morgan fingerprint density at radius 1 is 1.10 bits per heavy atom. The Labute approximate surface area is 227 Å². The molecule has 3 amide bonds. The lowest BCUT2D eigenvalue weighted by Gasteiger charge is -2.36. The van der Waals surface area contributed by atoms with Crippen molar-refractivity contribution in [1.82, 2.24) is 20.5 Å². The first-order valence-electron chi connectivity index (χ1n) is 13.3.